The summed E-state index contributed by atoms with van der Waals surface area (Å²) in [6.45, 7) is 24.1. The number of ether oxygens (including phenoxy) is 1. The van der Waals surface area contributed by atoms with Crippen molar-refractivity contribution in [2.24, 2.45) is 0 Å². The lowest BCUT2D eigenvalue weighted by molar-refractivity contribution is 0.205. The molecular formula is C27H42BrN3O3Si2. The maximum absolute atomic E-state index is 6.39. The van der Waals surface area contributed by atoms with Crippen LogP contribution in [0.15, 0.2) is 41.0 Å². The average Bonchev–Trinajstić information content (AvgIpc) is 3.17. The topological polar surface area (TPSA) is 58.4 Å². The van der Waals surface area contributed by atoms with E-state index >= 15 is 0 Å². The number of nitrogens with zero attached hydrogens (tertiary/aromatic N) is 3. The van der Waals surface area contributed by atoms with E-state index in [4.69, 9.17) is 18.6 Å². The minimum atomic E-state index is -1.86. The van der Waals surface area contributed by atoms with Crippen LogP contribution in [0.25, 0.3) is 16.7 Å². The van der Waals surface area contributed by atoms with E-state index in [9.17, 15) is 0 Å². The number of aromatic nitrogens is 3. The Hall–Kier alpha value is -1.53. The third-order valence-electron chi connectivity index (χ3n) is 7.62. The second kappa shape index (κ2) is 10.7. The van der Waals surface area contributed by atoms with Gasteiger partial charge in [-0.25, -0.2) is 9.67 Å². The number of hydrogen-bond donors (Lipinski definition) is 0. The molecule has 0 amide bonds. The second-order valence-corrected chi connectivity index (χ2v) is 22.9. The lowest BCUT2D eigenvalue weighted by atomic mass is 10.2. The first kappa shape index (κ1) is 29.0. The molecule has 0 aliphatic rings. The van der Waals surface area contributed by atoms with Crippen molar-refractivity contribution in [1.82, 2.24) is 14.8 Å². The SMILES string of the molecule is CC(C)(C)[Si](C)(C)OCCOc1cc(Br)cc2c1cnn2-c1cccc(CO[Si](C)(C)C(C)(C)C)n1. The van der Waals surface area contributed by atoms with E-state index in [1.807, 2.05) is 41.2 Å². The van der Waals surface area contributed by atoms with Crippen LogP contribution in [0.1, 0.15) is 47.2 Å². The van der Waals surface area contributed by atoms with Gasteiger partial charge in [0.1, 0.15) is 12.4 Å². The van der Waals surface area contributed by atoms with Gasteiger partial charge in [0, 0.05) is 4.47 Å². The molecule has 0 aliphatic carbocycles. The number of hydrogen-bond acceptors (Lipinski definition) is 5. The zero-order valence-electron chi connectivity index (χ0n) is 23.5. The number of halogens is 1. The van der Waals surface area contributed by atoms with Gasteiger partial charge in [-0.15, -0.1) is 0 Å². The normalized spacial score (nSPS) is 13.4. The van der Waals surface area contributed by atoms with Crippen LogP contribution in [0.3, 0.4) is 0 Å². The summed E-state index contributed by atoms with van der Waals surface area (Å²) >= 11 is 3.64. The van der Waals surface area contributed by atoms with E-state index in [0.717, 1.165) is 32.6 Å². The van der Waals surface area contributed by atoms with Gasteiger partial charge >= 0.3 is 0 Å². The van der Waals surface area contributed by atoms with Gasteiger partial charge in [-0.1, -0.05) is 63.5 Å². The fourth-order valence-corrected chi connectivity index (χ4v) is 5.56. The van der Waals surface area contributed by atoms with Crippen LogP contribution < -0.4 is 4.74 Å². The first-order valence-electron chi connectivity index (χ1n) is 12.6. The number of fused-ring (bicyclic) bond motifs is 1. The van der Waals surface area contributed by atoms with Gasteiger partial charge in [-0.05, 0) is 60.5 Å². The molecule has 0 saturated carbocycles. The van der Waals surface area contributed by atoms with Crippen LogP contribution in [0.5, 0.6) is 5.75 Å². The van der Waals surface area contributed by atoms with E-state index in [1.165, 1.54) is 0 Å². The van der Waals surface area contributed by atoms with Crippen LogP contribution in [0, 0.1) is 0 Å². The number of benzene rings is 1. The Kier molecular flexibility index (Phi) is 8.62. The maximum atomic E-state index is 6.39. The Morgan fingerprint density at radius 1 is 0.889 bits per heavy atom. The Labute approximate surface area is 227 Å². The highest BCUT2D eigenvalue weighted by molar-refractivity contribution is 9.10. The van der Waals surface area contributed by atoms with Gasteiger partial charge < -0.3 is 13.6 Å². The molecule has 0 spiro atoms. The van der Waals surface area contributed by atoms with E-state index in [2.05, 4.69) is 88.8 Å². The molecule has 0 unspecified atom stereocenters. The van der Waals surface area contributed by atoms with Crippen molar-refractivity contribution in [3.05, 3.63) is 46.7 Å². The minimum Gasteiger partial charge on any atom is -0.490 e. The molecule has 0 radical (unpaired) electrons. The molecule has 6 nitrogen and oxygen atoms in total. The Morgan fingerprint density at radius 3 is 2.17 bits per heavy atom. The second-order valence-electron chi connectivity index (χ2n) is 12.4. The molecule has 198 valence electrons. The van der Waals surface area contributed by atoms with Crippen molar-refractivity contribution < 1.29 is 13.6 Å². The molecule has 0 aliphatic heterocycles. The summed E-state index contributed by atoms with van der Waals surface area (Å²) in [6.07, 6.45) is 1.84. The molecule has 9 heteroatoms. The highest BCUT2D eigenvalue weighted by Crippen LogP contribution is 2.38. The monoisotopic (exact) mass is 591 g/mol. The zero-order valence-corrected chi connectivity index (χ0v) is 27.1. The summed E-state index contributed by atoms with van der Waals surface area (Å²) in [5, 5.41) is 5.92. The molecule has 0 atom stereocenters. The molecule has 0 bridgehead atoms. The van der Waals surface area contributed by atoms with Gasteiger partial charge in [0.15, 0.2) is 22.5 Å². The van der Waals surface area contributed by atoms with Gasteiger partial charge in [-0.2, -0.15) is 5.10 Å². The lowest BCUT2D eigenvalue weighted by Gasteiger charge is -2.36. The summed E-state index contributed by atoms with van der Waals surface area (Å²) < 4.78 is 21.6. The molecular weight excluding hydrogens is 550 g/mol. The van der Waals surface area contributed by atoms with Crippen LogP contribution in [0.2, 0.25) is 36.3 Å². The number of rotatable bonds is 9. The molecule has 1 aromatic carbocycles. The standard InChI is InChI=1S/C27H42BrN3O3Si2/c1-26(2,3)35(7,8)33-15-14-32-24-17-20(28)16-23-22(24)18-29-31(23)25-13-11-12-21(30-25)19-34-36(9,10)27(4,5)6/h11-13,16-18H,14-15,19H2,1-10H3. The minimum absolute atomic E-state index is 0.154. The lowest BCUT2D eigenvalue weighted by Crippen LogP contribution is -2.41. The van der Waals surface area contributed by atoms with Crippen molar-refractivity contribution >= 4 is 43.5 Å². The molecule has 2 aromatic heterocycles. The van der Waals surface area contributed by atoms with Gasteiger partial charge in [-0.3, -0.25) is 0 Å². The van der Waals surface area contributed by atoms with Crippen LogP contribution in [-0.2, 0) is 15.5 Å². The zero-order chi connectivity index (χ0) is 26.9. The van der Waals surface area contributed by atoms with Crippen LogP contribution in [-0.4, -0.2) is 44.6 Å². The first-order valence-corrected chi connectivity index (χ1v) is 19.2. The smallest absolute Gasteiger partial charge is 0.192 e. The van der Waals surface area contributed by atoms with Crippen molar-refractivity contribution in [2.45, 2.75) is 84.4 Å². The quantitative estimate of drug-likeness (QED) is 0.186. The van der Waals surface area contributed by atoms with Crippen molar-refractivity contribution in [1.29, 1.82) is 0 Å². The summed E-state index contributed by atoms with van der Waals surface area (Å²) in [5.41, 5.74) is 1.83. The maximum Gasteiger partial charge on any atom is 0.192 e. The average molecular weight is 593 g/mol. The fourth-order valence-electron chi connectivity index (χ4n) is 3.16. The summed E-state index contributed by atoms with van der Waals surface area (Å²) in [5.74, 6) is 1.54. The summed E-state index contributed by atoms with van der Waals surface area (Å²) in [7, 11) is -3.67. The highest BCUT2D eigenvalue weighted by Gasteiger charge is 2.37. The fraction of sp³-hybridized carbons (Fsp3) is 0.556. The molecule has 0 N–H and O–H groups in total. The van der Waals surface area contributed by atoms with Crippen LogP contribution >= 0.6 is 15.9 Å². The van der Waals surface area contributed by atoms with E-state index in [0.29, 0.717) is 19.8 Å². The van der Waals surface area contributed by atoms with E-state index in [-0.39, 0.29) is 10.1 Å². The first-order chi connectivity index (χ1) is 16.5. The summed E-state index contributed by atoms with van der Waals surface area (Å²) in [6, 6.07) is 10.0. The van der Waals surface area contributed by atoms with Gasteiger partial charge in [0.25, 0.3) is 0 Å². The predicted molar refractivity (Wildman–Crippen MR) is 157 cm³/mol. The van der Waals surface area contributed by atoms with Gasteiger partial charge in [0.05, 0.1) is 36.0 Å². The molecule has 0 fully saturated rings. The van der Waals surface area contributed by atoms with Crippen molar-refractivity contribution in [3.63, 3.8) is 0 Å². The largest absolute Gasteiger partial charge is 0.490 e. The Balaban J connectivity index is 1.78. The van der Waals surface area contributed by atoms with Gasteiger partial charge in [0.2, 0.25) is 0 Å². The third kappa shape index (κ3) is 6.66. The van der Waals surface area contributed by atoms with E-state index < -0.39 is 16.6 Å². The molecule has 3 aromatic rings. The van der Waals surface area contributed by atoms with Crippen molar-refractivity contribution in [2.75, 3.05) is 13.2 Å². The van der Waals surface area contributed by atoms with E-state index in [1.54, 1.807) is 0 Å². The molecule has 36 heavy (non-hydrogen) atoms. The highest BCUT2D eigenvalue weighted by atomic mass is 79.9. The van der Waals surface area contributed by atoms with Crippen LogP contribution in [0.4, 0.5) is 0 Å². The number of pyridine rings is 1. The third-order valence-corrected chi connectivity index (χ3v) is 17.1. The Bertz CT molecular complexity index is 1200. The molecule has 0 saturated heterocycles. The Morgan fingerprint density at radius 2 is 1.53 bits per heavy atom. The molecule has 3 rings (SSSR count). The summed E-state index contributed by atoms with van der Waals surface area (Å²) in [4.78, 5) is 4.86. The van der Waals surface area contributed by atoms with Crippen molar-refractivity contribution in [3.8, 4) is 11.6 Å². The molecule has 2 heterocycles. The predicted octanol–water partition coefficient (Wildman–Crippen LogP) is 8.11.